The monoisotopic (exact) mass is 228 g/mol. The molecule has 0 amide bonds. The molecule has 0 saturated heterocycles. The fraction of sp³-hybridized carbons (Fsp3) is 0.667. The molecule has 1 saturated carbocycles. The third-order valence-electron chi connectivity index (χ3n) is 2.05. The lowest BCUT2D eigenvalue weighted by atomic mass is 10.3. The Bertz CT molecular complexity index is 310. The zero-order chi connectivity index (χ0) is 12.0. The first-order chi connectivity index (χ1) is 7.61. The van der Waals surface area contributed by atoms with E-state index in [1.54, 1.807) is 6.92 Å². The Labute approximate surface area is 93.5 Å². The smallest absolute Gasteiger partial charge is 0.435 e. The van der Waals surface area contributed by atoms with Gasteiger partial charge in [0, 0.05) is 12.1 Å². The van der Waals surface area contributed by atoms with Crippen LogP contribution in [0.15, 0.2) is 10.2 Å². The van der Waals surface area contributed by atoms with Crippen LogP contribution >= 0.6 is 0 Å². The van der Waals surface area contributed by atoms with E-state index in [9.17, 15) is 4.79 Å². The lowest BCUT2D eigenvalue weighted by Crippen LogP contribution is -2.22. The molecule has 0 aliphatic heterocycles. The second-order valence-electron chi connectivity index (χ2n) is 3.36. The van der Waals surface area contributed by atoms with Crippen molar-refractivity contribution in [3.63, 3.8) is 0 Å². The van der Waals surface area contributed by atoms with Crippen molar-refractivity contribution in [2.45, 2.75) is 32.3 Å². The van der Waals surface area contributed by atoms with E-state index in [0.717, 1.165) is 18.6 Å². The summed E-state index contributed by atoms with van der Waals surface area (Å²) < 4.78 is 9.70. The average Bonchev–Trinajstić information content (AvgIpc) is 2.63. The first-order valence-electron chi connectivity index (χ1n) is 5.09. The number of rotatable bonds is 3. The number of hydrogen-bond donors (Lipinski definition) is 2. The summed E-state index contributed by atoms with van der Waals surface area (Å²) in [7, 11) is 0. The fourth-order valence-electron chi connectivity index (χ4n) is 1.40. The van der Waals surface area contributed by atoms with Crippen LogP contribution in [0.25, 0.3) is 0 Å². The third kappa shape index (κ3) is 4.16. The van der Waals surface area contributed by atoms with Crippen molar-refractivity contribution in [1.29, 1.82) is 0 Å². The molecule has 7 nitrogen and oxygen atoms in total. The highest BCUT2D eigenvalue weighted by molar-refractivity contribution is 5.88. The van der Waals surface area contributed by atoms with Crippen LogP contribution in [0.4, 0.5) is 4.79 Å². The van der Waals surface area contributed by atoms with Gasteiger partial charge in [-0.05, 0) is 19.8 Å². The highest BCUT2D eigenvalue weighted by Gasteiger charge is 2.24. The molecule has 7 heteroatoms. The number of carbonyl (C=O) groups excluding carboxylic acids is 1. The van der Waals surface area contributed by atoms with Crippen molar-refractivity contribution >= 4 is 17.8 Å². The molecule has 4 N–H and O–H groups in total. The largest absolute Gasteiger partial charge is 0.508 e. The average molecular weight is 228 g/mol. The van der Waals surface area contributed by atoms with E-state index in [2.05, 4.69) is 14.9 Å². The zero-order valence-electron chi connectivity index (χ0n) is 9.18. The van der Waals surface area contributed by atoms with Gasteiger partial charge in [-0.15, -0.1) is 5.10 Å². The molecule has 0 aromatic heterocycles. The Morgan fingerprint density at radius 3 is 2.94 bits per heavy atom. The van der Waals surface area contributed by atoms with Crippen LogP contribution < -0.4 is 11.5 Å². The lowest BCUT2D eigenvalue weighted by Gasteiger charge is -2.09. The van der Waals surface area contributed by atoms with Gasteiger partial charge >= 0.3 is 6.16 Å². The summed E-state index contributed by atoms with van der Waals surface area (Å²) in [6, 6.07) is 0. The molecule has 0 aromatic carbocycles. The van der Waals surface area contributed by atoms with E-state index < -0.39 is 6.16 Å². The van der Waals surface area contributed by atoms with Crippen LogP contribution in [-0.2, 0) is 9.47 Å². The maximum Gasteiger partial charge on any atom is 0.508 e. The Balaban J connectivity index is 2.38. The standard InChI is InChI=1S/C9H16N4O3/c1-2-15-9(14)16-7-4-3-6(5-7)12-13-8(10)11/h7H,2-5H2,1H3,(H4,10,11,13). The van der Waals surface area contributed by atoms with E-state index >= 15 is 0 Å². The molecular formula is C9H16N4O3. The van der Waals surface area contributed by atoms with Gasteiger partial charge in [-0.3, -0.25) is 0 Å². The predicted octanol–water partition coefficient (Wildman–Crippen LogP) is 0.341. The number of guanidine groups is 1. The zero-order valence-corrected chi connectivity index (χ0v) is 9.18. The van der Waals surface area contributed by atoms with Crippen molar-refractivity contribution in [3.05, 3.63) is 0 Å². The van der Waals surface area contributed by atoms with Gasteiger partial charge < -0.3 is 20.9 Å². The second kappa shape index (κ2) is 5.94. The highest BCUT2D eigenvalue weighted by Crippen LogP contribution is 2.20. The van der Waals surface area contributed by atoms with Crippen LogP contribution in [0.5, 0.6) is 0 Å². The number of ether oxygens (including phenoxy) is 2. The molecule has 90 valence electrons. The summed E-state index contributed by atoms with van der Waals surface area (Å²) in [6.45, 7) is 2.03. The first kappa shape index (κ1) is 12.3. The molecule has 0 radical (unpaired) electrons. The van der Waals surface area contributed by atoms with Gasteiger partial charge in [0.2, 0.25) is 5.96 Å². The molecule has 1 fully saturated rings. The molecule has 0 bridgehead atoms. The number of carbonyl (C=O) groups is 1. The molecule has 1 aliphatic rings. The quantitative estimate of drug-likeness (QED) is 0.313. The Morgan fingerprint density at radius 1 is 1.56 bits per heavy atom. The lowest BCUT2D eigenvalue weighted by molar-refractivity contribution is 0.0302. The molecule has 1 unspecified atom stereocenters. The van der Waals surface area contributed by atoms with E-state index in [1.165, 1.54) is 0 Å². The summed E-state index contributed by atoms with van der Waals surface area (Å²) >= 11 is 0. The van der Waals surface area contributed by atoms with Crippen LogP contribution in [0.2, 0.25) is 0 Å². The molecule has 1 atom stereocenters. The van der Waals surface area contributed by atoms with Gasteiger partial charge in [-0.1, -0.05) is 0 Å². The van der Waals surface area contributed by atoms with E-state index in [4.69, 9.17) is 16.2 Å². The Morgan fingerprint density at radius 2 is 2.31 bits per heavy atom. The minimum Gasteiger partial charge on any atom is -0.435 e. The van der Waals surface area contributed by atoms with Gasteiger partial charge in [0.15, 0.2) is 0 Å². The van der Waals surface area contributed by atoms with Gasteiger partial charge in [0.05, 0.1) is 6.61 Å². The Hall–Kier alpha value is -1.79. The number of nitrogens with zero attached hydrogens (tertiary/aromatic N) is 2. The van der Waals surface area contributed by atoms with Gasteiger partial charge in [-0.2, -0.15) is 5.10 Å². The predicted molar refractivity (Wildman–Crippen MR) is 59.0 cm³/mol. The van der Waals surface area contributed by atoms with E-state index in [1.807, 2.05) is 0 Å². The fourth-order valence-corrected chi connectivity index (χ4v) is 1.40. The molecule has 1 rings (SSSR count). The van der Waals surface area contributed by atoms with Crippen LogP contribution in [0, 0.1) is 0 Å². The van der Waals surface area contributed by atoms with Crippen LogP contribution in [0.3, 0.4) is 0 Å². The molecule has 0 spiro atoms. The van der Waals surface area contributed by atoms with Crippen LogP contribution in [-0.4, -0.2) is 30.5 Å². The molecule has 0 heterocycles. The van der Waals surface area contributed by atoms with Crippen molar-refractivity contribution in [1.82, 2.24) is 0 Å². The summed E-state index contributed by atoms with van der Waals surface area (Å²) in [5.41, 5.74) is 11.1. The SMILES string of the molecule is CCOC(=O)OC1CCC(=NN=C(N)N)C1. The number of hydrogen-bond acceptors (Lipinski definition) is 5. The second-order valence-corrected chi connectivity index (χ2v) is 3.36. The van der Waals surface area contributed by atoms with Gasteiger partial charge in [0.25, 0.3) is 0 Å². The minimum atomic E-state index is -0.643. The molecule has 0 aromatic rings. The molecule has 1 aliphatic carbocycles. The molecule has 16 heavy (non-hydrogen) atoms. The van der Waals surface area contributed by atoms with E-state index in [-0.39, 0.29) is 12.1 Å². The van der Waals surface area contributed by atoms with Gasteiger partial charge in [0.1, 0.15) is 6.10 Å². The maximum absolute atomic E-state index is 11.0. The maximum atomic E-state index is 11.0. The van der Waals surface area contributed by atoms with Crippen LogP contribution in [0.1, 0.15) is 26.2 Å². The summed E-state index contributed by atoms with van der Waals surface area (Å²) in [4.78, 5) is 11.0. The topological polar surface area (TPSA) is 112 Å². The minimum absolute atomic E-state index is 0.0812. The van der Waals surface area contributed by atoms with Crippen molar-refractivity contribution in [2.75, 3.05) is 6.61 Å². The van der Waals surface area contributed by atoms with Crippen molar-refractivity contribution in [2.24, 2.45) is 21.7 Å². The first-order valence-corrected chi connectivity index (χ1v) is 5.09. The van der Waals surface area contributed by atoms with Crippen molar-refractivity contribution < 1.29 is 14.3 Å². The third-order valence-corrected chi connectivity index (χ3v) is 2.05. The van der Waals surface area contributed by atoms with Crippen molar-refractivity contribution in [3.8, 4) is 0 Å². The molecular weight excluding hydrogens is 212 g/mol. The Kier molecular flexibility index (Phi) is 4.56. The summed E-state index contributed by atoms with van der Waals surface area (Å²) in [5, 5.41) is 7.39. The summed E-state index contributed by atoms with van der Waals surface area (Å²) in [6.07, 6.45) is 1.16. The number of nitrogens with two attached hydrogens (primary N) is 2. The highest BCUT2D eigenvalue weighted by atomic mass is 16.7. The van der Waals surface area contributed by atoms with E-state index in [0.29, 0.717) is 13.0 Å². The normalized spacial score (nSPS) is 21.8. The summed E-state index contributed by atoms with van der Waals surface area (Å²) in [5.74, 6) is -0.0812. The van der Waals surface area contributed by atoms with Gasteiger partial charge in [-0.25, -0.2) is 4.79 Å².